The van der Waals surface area contributed by atoms with Crippen molar-refractivity contribution in [2.24, 2.45) is 0 Å². The first-order chi connectivity index (χ1) is 13.3. The average molecular weight is 403 g/mol. The summed E-state index contributed by atoms with van der Waals surface area (Å²) in [6.07, 6.45) is 0.369. The Morgan fingerprint density at radius 1 is 1.11 bits per heavy atom. The standard InChI is InChI=1S/C19H21N3O5S/c1-13(23)20-14-3-9-17(10-4-14)28(25,26)21-18-11-12-22(19(18)24)15-5-7-16(27-2)8-6-15/h3-10,18,21H,11-12H2,1-2H3,(H,20,23)/t18-/m0/s1. The molecule has 1 heterocycles. The molecule has 0 aromatic heterocycles. The van der Waals surface area contributed by atoms with Crippen molar-refractivity contribution in [1.82, 2.24) is 4.72 Å². The molecule has 0 bridgehead atoms. The van der Waals surface area contributed by atoms with Crippen LogP contribution < -0.4 is 19.7 Å². The number of rotatable bonds is 6. The minimum atomic E-state index is -3.87. The number of hydrogen-bond acceptors (Lipinski definition) is 5. The third kappa shape index (κ3) is 4.32. The molecule has 0 radical (unpaired) electrons. The Balaban J connectivity index is 1.70. The molecule has 1 saturated heterocycles. The maximum atomic E-state index is 12.7. The molecule has 2 aromatic rings. The van der Waals surface area contributed by atoms with Crippen LogP contribution in [-0.2, 0) is 19.6 Å². The number of benzene rings is 2. The van der Waals surface area contributed by atoms with Gasteiger partial charge in [0.05, 0.1) is 12.0 Å². The highest BCUT2D eigenvalue weighted by molar-refractivity contribution is 7.89. The number of amides is 2. The topological polar surface area (TPSA) is 105 Å². The summed E-state index contributed by atoms with van der Waals surface area (Å²) in [6, 6.07) is 11.9. The van der Waals surface area contributed by atoms with Gasteiger partial charge >= 0.3 is 0 Å². The summed E-state index contributed by atoms with van der Waals surface area (Å²) in [5.74, 6) is 0.128. The van der Waals surface area contributed by atoms with E-state index in [0.29, 0.717) is 30.1 Å². The molecule has 0 unspecified atom stereocenters. The molecule has 1 fully saturated rings. The van der Waals surface area contributed by atoms with E-state index in [1.807, 2.05) is 0 Å². The van der Waals surface area contributed by atoms with Gasteiger partial charge in [-0.15, -0.1) is 0 Å². The molecule has 148 valence electrons. The lowest BCUT2D eigenvalue weighted by atomic mass is 10.2. The number of sulfonamides is 1. The van der Waals surface area contributed by atoms with Crippen LogP contribution in [0.2, 0.25) is 0 Å². The number of carbonyl (C=O) groups excluding carboxylic acids is 2. The van der Waals surface area contributed by atoms with Gasteiger partial charge in [0.25, 0.3) is 0 Å². The summed E-state index contributed by atoms with van der Waals surface area (Å²) < 4.78 is 32.8. The van der Waals surface area contributed by atoms with Crippen molar-refractivity contribution in [3.05, 3.63) is 48.5 Å². The smallest absolute Gasteiger partial charge is 0.245 e. The number of nitrogens with one attached hydrogen (secondary N) is 2. The molecule has 2 aromatic carbocycles. The number of nitrogens with zero attached hydrogens (tertiary/aromatic N) is 1. The summed E-state index contributed by atoms with van der Waals surface area (Å²) in [6.45, 7) is 1.78. The van der Waals surface area contributed by atoms with Crippen molar-refractivity contribution in [2.45, 2.75) is 24.3 Å². The highest BCUT2D eigenvalue weighted by Gasteiger charge is 2.35. The van der Waals surface area contributed by atoms with Crippen LogP contribution >= 0.6 is 0 Å². The third-order valence-corrected chi connectivity index (χ3v) is 5.86. The molecule has 2 N–H and O–H groups in total. The van der Waals surface area contributed by atoms with Gasteiger partial charge in [-0.3, -0.25) is 9.59 Å². The minimum absolute atomic E-state index is 0.0253. The second-order valence-electron chi connectivity index (χ2n) is 6.36. The zero-order valence-electron chi connectivity index (χ0n) is 15.5. The Labute approximate surface area is 163 Å². The van der Waals surface area contributed by atoms with Gasteiger partial charge in [-0.2, -0.15) is 4.72 Å². The highest BCUT2D eigenvalue weighted by Crippen LogP contribution is 2.25. The van der Waals surface area contributed by atoms with Crippen LogP contribution in [0.4, 0.5) is 11.4 Å². The fourth-order valence-electron chi connectivity index (χ4n) is 2.98. The maximum Gasteiger partial charge on any atom is 0.245 e. The van der Waals surface area contributed by atoms with Gasteiger partial charge in [-0.1, -0.05) is 0 Å². The van der Waals surface area contributed by atoms with Crippen LogP contribution in [0.25, 0.3) is 0 Å². The third-order valence-electron chi connectivity index (χ3n) is 4.37. The SMILES string of the molecule is COc1ccc(N2CC[C@H](NS(=O)(=O)c3ccc(NC(C)=O)cc3)C2=O)cc1. The highest BCUT2D eigenvalue weighted by atomic mass is 32.2. The van der Waals surface area contributed by atoms with Crippen molar-refractivity contribution in [3.8, 4) is 5.75 Å². The molecule has 0 spiro atoms. The molecular formula is C19H21N3O5S. The van der Waals surface area contributed by atoms with Gasteiger partial charge in [0, 0.05) is 24.8 Å². The number of hydrogen-bond donors (Lipinski definition) is 2. The van der Waals surface area contributed by atoms with Crippen LogP contribution in [0.3, 0.4) is 0 Å². The zero-order valence-corrected chi connectivity index (χ0v) is 16.3. The van der Waals surface area contributed by atoms with E-state index in [-0.39, 0.29) is 16.7 Å². The molecule has 2 amide bonds. The zero-order chi connectivity index (χ0) is 20.3. The van der Waals surface area contributed by atoms with E-state index >= 15 is 0 Å². The van der Waals surface area contributed by atoms with E-state index in [2.05, 4.69) is 10.0 Å². The summed E-state index contributed by atoms with van der Waals surface area (Å²) in [4.78, 5) is 25.3. The molecule has 0 aliphatic carbocycles. The van der Waals surface area contributed by atoms with E-state index in [9.17, 15) is 18.0 Å². The molecule has 1 atom stereocenters. The van der Waals surface area contributed by atoms with Gasteiger partial charge < -0.3 is 15.0 Å². The second-order valence-corrected chi connectivity index (χ2v) is 8.07. The van der Waals surface area contributed by atoms with Crippen molar-refractivity contribution in [3.63, 3.8) is 0 Å². The van der Waals surface area contributed by atoms with E-state index < -0.39 is 16.1 Å². The lowest BCUT2D eigenvalue weighted by molar-refractivity contribution is -0.118. The van der Waals surface area contributed by atoms with E-state index in [1.165, 1.54) is 31.2 Å². The summed E-state index contributed by atoms with van der Waals surface area (Å²) in [5.41, 5.74) is 1.18. The first kappa shape index (κ1) is 19.8. The molecular weight excluding hydrogens is 382 g/mol. The van der Waals surface area contributed by atoms with Gasteiger partial charge in [-0.25, -0.2) is 8.42 Å². The minimum Gasteiger partial charge on any atom is -0.497 e. The predicted molar refractivity (Wildman–Crippen MR) is 105 cm³/mol. The molecule has 9 heteroatoms. The van der Waals surface area contributed by atoms with Gasteiger partial charge in [0.1, 0.15) is 11.8 Å². The number of ether oxygens (including phenoxy) is 1. The van der Waals surface area contributed by atoms with Crippen molar-refractivity contribution < 1.29 is 22.7 Å². The fourth-order valence-corrected chi connectivity index (χ4v) is 4.21. The Kier molecular flexibility index (Phi) is 5.66. The number of carbonyl (C=O) groups is 2. The monoisotopic (exact) mass is 403 g/mol. The van der Waals surface area contributed by atoms with Gasteiger partial charge in [-0.05, 0) is 55.0 Å². The van der Waals surface area contributed by atoms with E-state index in [0.717, 1.165) is 0 Å². The Morgan fingerprint density at radius 2 is 1.75 bits per heavy atom. The van der Waals surface area contributed by atoms with Gasteiger partial charge in [0.15, 0.2) is 0 Å². The van der Waals surface area contributed by atoms with Crippen LogP contribution in [0, 0.1) is 0 Å². The molecule has 1 aliphatic rings. The van der Waals surface area contributed by atoms with Crippen molar-refractivity contribution in [2.75, 3.05) is 23.9 Å². The summed E-state index contributed by atoms with van der Waals surface area (Å²) in [5, 5.41) is 2.57. The number of methoxy groups -OCH3 is 1. The lowest BCUT2D eigenvalue weighted by Gasteiger charge is -2.17. The predicted octanol–water partition coefficient (Wildman–Crippen LogP) is 1.74. The van der Waals surface area contributed by atoms with E-state index in [4.69, 9.17) is 4.74 Å². The largest absolute Gasteiger partial charge is 0.497 e. The Morgan fingerprint density at radius 3 is 2.32 bits per heavy atom. The summed E-state index contributed by atoms with van der Waals surface area (Å²) in [7, 11) is -2.31. The lowest BCUT2D eigenvalue weighted by Crippen LogP contribution is -2.41. The van der Waals surface area contributed by atoms with Crippen LogP contribution in [0.1, 0.15) is 13.3 Å². The summed E-state index contributed by atoms with van der Waals surface area (Å²) >= 11 is 0. The van der Waals surface area contributed by atoms with Crippen LogP contribution in [-0.4, -0.2) is 39.9 Å². The van der Waals surface area contributed by atoms with Crippen LogP contribution in [0.15, 0.2) is 53.4 Å². The van der Waals surface area contributed by atoms with Crippen molar-refractivity contribution in [1.29, 1.82) is 0 Å². The van der Waals surface area contributed by atoms with Crippen molar-refractivity contribution >= 4 is 33.2 Å². The second kappa shape index (κ2) is 7.99. The number of anilines is 2. The molecule has 0 saturated carbocycles. The fraction of sp³-hybridized carbons (Fsp3) is 0.263. The quantitative estimate of drug-likeness (QED) is 0.764. The normalized spacial score (nSPS) is 16.9. The van der Waals surface area contributed by atoms with Crippen LogP contribution in [0.5, 0.6) is 5.75 Å². The van der Waals surface area contributed by atoms with Gasteiger partial charge in [0.2, 0.25) is 21.8 Å². The molecule has 8 nitrogen and oxygen atoms in total. The Bertz CT molecular complexity index is 972. The molecule has 28 heavy (non-hydrogen) atoms. The maximum absolute atomic E-state index is 12.7. The first-order valence-corrected chi connectivity index (χ1v) is 10.1. The first-order valence-electron chi connectivity index (χ1n) is 8.65. The Hall–Kier alpha value is -2.91. The van der Waals surface area contributed by atoms with E-state index in [1.54, 1.807) is 36.3 Å². The molecule has 1 aliphatic heterocycles. The average Bonchev–Trinajstić information content (AvgIpc) is 3.01. The molecule has 3 rings (SSSR count).